The fourth-order valence-corrected chi connectivity index (χ4v) is 3.52. The molecule has 2 N–H and O–H groups in total. The van der Waals surface area contributed by atoms with E-state index >= 15 is 0 Å². The Labute approximate surface area is 183 Å². The van der Waals surface area contributed by atoms with Crippen LogP contribution in [0.2, 0.25) is 0 Å². The lowest BCUT2D eigenvalue weighted by Crippen LogP contribution is -2.48. The van der Waals surface area contributed by atoms with Crippen LogP contribution in [-0.2, 0) is 27.2 Å². The summed E-state index contributed by atoms with van der Waals surface area (Å²) in [6.07, 6.45) is -0.292. The molecule has 1 aliphatic heterocycles. The molecule has 1 fully saturated rings. The number of methoxy groups -OCH3 is 1. The Hall–Kier alpha value is -2.74. The molecule has 2 aromatic carbocycles. The SMILES string of the molecule is COC(=O)C(NC(=O)c1ccc(Cc2ccc(CN3CCOCC3)cc2)cc1)C(C)O. The Morgan fingerprint density at radius 1 is 1.03 bits per heavy atom. The van der Waals surface area contributed by atoms with Gasteiger partial charge in [0.2, 0.25) is 0 Å². The first-order valence-electron chi connectivity index (χ1n) is 10.5. The summed E-state index contributed by atoms with van der Waals surface area (Å²) in [4.78, 5) is 26.5. The molecule has 2 unspecified atom stereocenters. The number of ether oxygens (including phenoxy) is 2. The second-order valence-corrected chi connectivity index (χ2v) is 7.79. The van der Waals surface area contributed by atoms with Crippen LogP contribution in [-0.4, -0.2) is 67.4 Å². The predicted molar refractivity (Wildman–Crippen MR) is 117 cm³/mol. The van der Waals surface area contributed by atoms with Gasteiger partial charge in [0.1, 0.15) is 0 Å². The van der Waals surface area contributed by atoms with E-state index in [1.54, 1.807) is 12.1 Å². The maximum atomic E-state index is 12.4. The molecule has 2 aromatic rings. The summed E-state index contributed by atoms with van der Waals surface area (Å²) in [6, 6.07) is 14.7. The molecule has 166 valence electrons. The Balaban J connectivity index is 1.56. The third kappa shape index (κ3) is 6.62. The summed E-state index contributed by atoms with van der Waals surface area (Å²) in [5, 5.41) is 12.2. The third-order valence-corrected chi connectivity index (χ3v) is 5.38. The molecule has 7 nitrogen and oxygen atoms in total. The second-order valence-electron chi connectivity index (χ2n) is 7.79. The number of aliphatic hydroxyl groups excluding tert-OH is 1. The number of benzene rings is 2. The normalized spacial score (nSPS) is 16.4. The molecule has 1 amide bonds. The summed E-state index contributed by atoms with van der Waals surface area (Å²) >= 11 is 0. The molecule has 0 aliphatic carbocycles. The van der Waals surface area contributed by atoms with Gasteiger partial charge in [-0.3, -0.25) is 9.69 Å². The summed E-state index contributed by atoms with van der Waals surface area (Å²) in [7, 11) is 1.22. The Morgan fingerprint density at radius 2 is 1.58 bits per heavy atom. The van der Waals surface area contributed by atoms with Crippen molar-refractivity contribution in [2.24, 2.45) is 0 Å². The van der Waals surface area contributed by atoms with E-state index in [1.165, 1.54) is 25.2 Å². The van der Waals surface area contributed by atoms with Crippen LogP contribution >= 0.6 is 0 Å². The van der Waals surface area contributed by atoms with Gasteiger partial charge in [-0.25, -0.2) is 4.79 Å². The van der Waals surface area contributed by atoms with Gasteiger partial charge < -0.3 is 19.9 Å². The number of morpholine rings is 1. The van der Waals surface area contributed by atoms with Gasteiger partial charge in [-0.15, -0.1) is 0 Å². The van der Waals surface area contributed by atoms with Gasteiger partial charge in [0, 0.05) is 25.2 Å². The van der Waals surface area contributed by atoms with Gasteiger partial charge in [-0.1, -0.05) is 36.4 Å². The van der Waals surface area contributed by atoms with E-state index in [0.717, 1.165) is 44.8 Å². The molecule has 1 aliphatic rings. The fourth-order valence-electron chi connectivity index (χ4n) is 3.52. The standard InChI is InChI=1S/C24H30N2O5/c1-17(27)22(24(29)30-2)25-23(28)21-9-7-19(8-10-21)15-18-3-5-20(6-4-18)16-26-11-13-31-14-12-26/h3-10,17,22,27H,11-16H2,1-2H3,(H,25,28). The number of amides is 1. The minimum atomic E-state index is -1.10. The number of aliphatic hydroxyl groups is 1. The van der Waals surface area contributed by atoms with Crippen LogP contribution in [0.5, 0.6) is 0 Å². The average molecular weight is 427 g/mol. The number of nitrogens with one attached hydrogen (secondary N) is 1. The first kappa shape index (κ1) is 22.9. The van der Waals surface area contributed by atoms with Crippen LogP contribution in [0.4, 0.5) is 0 Å². The molecule has 2 atom stereocenters. The van der Waals surface area contributed by atoms with Crippen molar-refractivity contribution in [2.75, 3.05) is 33.4 Å². The number of hydrogen-bond donors (Lipinski definition) is 2. The number of hydrogen-bond acceptors (Lipinski definition) is 6. The van der Waals surface area contributed by atoms with E-state index in [0.29, 0.717) is 5.56 Å². The van der Waals surface area contributed by atoms with Crippen LogP contribution in [0, 0.1) is 0 Å². The highest BCUT2D eigenvalue weighted by atomic mass is 16.5. The van der Waals surface area contributed by atoms with Crippen LogP contribution < -0.4 is 5.32 Å². The van der Waals surface area contributed by atoms with Crippen molar-refractivity contribution in [1.29, 1.82) is 0 Å². The second kappa shape index (κ2) is 11.0. The Bertz CT molecular complexity index is 859. The van der Waals surface area contributed by atoms with E-state index in [9.17, 15) is 14.7 Å². The average Bonchev–Trinajstić information content (AvgIpc) is 2.79. The molecule has 1 saturated heterocycles. The summed E-state index contributed by atoms with van der Waals surface area (Å²) in [5.41, 5.74) is 3.98. The zero-order valence-corrected chi connectivity index (χ0v) is 18.0. The highest BCUT2D eigenvalue weighted by molar-refractivity contribution is 5.96. The minimum Gasteiger partial charge on any atom is -0.467 e. The molecule has 0 bridgehead atoms. The molecule has 0 aromatic heterocycles. The Morgan fingerprint density at radius 3 is 2.13 bits per heavy atom. The van der Waals surface area contributed by atoms with Gasteiger partial charge in [0.25, 0.3) is 5.91 Å². The largest absolute Gasteiger partial charge is 0.467 e. The van der Waals surface area contributed by atoms with Crippen LogP contribution in [0.1, 0.15) is 34.0 Å². The van der Waals surface area contributed by atoms with Crippen LogP contribution in [0.15, 0.2) is 48.5 Å². The van der Waals surface area contributed by atoms with Gasteiger partial charge in [0.05, 0.1) is 26.4 Å². The number of esters is 1. The van der Waals surface area contributed by atoms with E-state index < -0.39 is 24.0 Å². The zero-order chi connectivity index (χ0) is 22.2. The molecule has 0 radical (unpaired) electrons. The van der Waals surface area contributed by atoms with E-state index in [2.05, 4.69) is 39.2 Å². The van der Waals surface area contributed by atoms with Crippen LogP contribution in [0.3, 0.4) is 0 Å². The Kier molecular flexibility index (Phi) is 8.17. The highest BCUT2D eigenvalue weighted by Crippen LogP contribution is 2.14. The summed E-state index contributed by atoms with van der Waals surface area (Å²) < 4.78 is 10.0. The minimum absolute atomic E-state index is 0.416. The van der Waals surface area contributed by atoms with Crippen molar-refractivity contribution < 1.29 is 24.2 Å². The molecule has 7 heteroatoms. The maximum absolute atomic E-state index is 12.4. The van der Waals surface area contributed by atoms with Crippen LogP contribution in [0.25, 0.3) is 0 Å². The predicted octanol–water partition coefficient (Wildman–Crippen LogP) is 1.76. The maximum Gasteiger partial charge on any atom is 0.331 e. The van der Waals surface area contributed by atoms with E-state index in [1.807, 2.05) is 12.1 Å². The van der Waals surface area contributed by atoms with E-state index in [4.69, 9.17) is 4.74 Å². The summed E-state index contributed by atoms with van der Waals surface area (Å²) in [5.74, 6) is -1.12. The van der Waals surface area contributed by atoms with Crippen molar-refractivity contribution >= 4 is 11.9 Å². The number of rotatable bonds is 8. The molecule has 1 heterocycles. The smallest absolute Gasteiger partial charge is 0.331 e. The van der Waals surface area contributed by atoms with Gasteiger partial charge >= 0.3 is 5.97 Å². The first-order chi connectivity index (χ1) is 15.0. The lowest BCUT2D eigenvalue weighted by atomic mass is 10.0. The molecule has 0 saturated carbocycles. The number of carbonyl (C=O) groups is 2. The topological polar surface area (TPSA) is 88.1 Å². The van der Waals surface area contributed by atoms with Crippen molar-refractivity contribution in [3.8, 4) is 0 Å². The molecule has 0 spiro atoms. The van der Waals surface area contributed by atoms with Crippen molar-refractivity contribution in [1.82, 2.24) is 10.2 Å². The molecular formula is C24H30N2O5. The summed E-state index contributed by atoms with van der Waals surface area (Å²) in [6.45, 7) is 5.91. The highest BCUT2D eigenvalue weighted by Gasteiger charge is 2.26. The lowest BCUT2D eigenvalue weighted by Gasteiger charge is -2.26. The van der Waals surface area contributed by atoms with Gasteiger partial charge in [-0.05, 0) is 42.2 Å². The third-order valence-electron chi connectivity index (χ3n) is 5.38. The van der Waals surface area contributed by atoms with Gasteiger partial charge in [0.15, 0.2) is 6.04 Å². The van der Waals surface area contributed by atoms with E-state index in [-0.39, 0.29) is 0 Å². The lowest BCUT2D eigenvalue weighted by molar-refractivity contribution is -0.145. The zero-order valence-electron chi connectivity index (χ0n) is 18.0. The van der Waals surface area contributed by atoms with Crippen molar-refractivity contribution in [3.63, 3.8) is 0 Å². The van der Waals surface area contributed by atoms with Crippen molar-refractivity contribution in [3.05, 3.63) is 70.8 Å². The van der Waals surface area contributed by atoms with Crippen molar-refractivity contribution in [2.45, 2.75) is 32.0 Å². The fraction of sp³-hybridized carbons (Fsp3) is 0.417. The number of nitrogens with zero attached hydrogens (tertiary/aromatic N) is 1. The molecular weight excluding hydrogens is 396 g/mol. The first-order valence-corrected chi connectivity index (χ1v) is 10.5. The number of carbonyl (C=O) groups excluding carboxylic acids is 2. The molecule has 31 heavy (non-hydrogen) atoms. The molecule has 3 rings (SSSR count). The quantitative estimate of drug-likeness (QED) is 0.626. The monoisotopic (exact) mass is 426 g/mol. The van der Waals surface area contributed by atoms with Gasteiger partial charge in [-0.2, -0.15) is 0 Å².